The van der Waals surface area contributed by atoms with Gasteiger partial charge in [-0.3, -0.25) is 0 Å². The predicted molar refractivity (Wildman–Crippen MR) is 96.3 cm³/mol. The summed E-state index contributed by atoms with van der Waals surface area (Å²) in [5, 5.41) is 0.278. The predicted octanol–water partition coefficient (Wildman–Crippen LogP) is 5.59. The molecule has 1 aliphatic rings. The Morgan fingerprint density at radius 3 is 2.14 bits per heavy atom. The van der Waals surface area contributed by atoms with Gasteiger partial charge in [0.1, 0.15) is 0 Å². The van der Waals surface area contributed by atoms with Gasteiger partial charge in [0, 0.05) is 6.61 Å². The summed E-state index contributed by atoms with van der Waals surface area (Å²) < 4.78 is 12.3. The molecule has 0 amide bonds. The summed E-state index contributed by atoms with van der Waals surface area (Å²) in [5.74, 6) is 0. The summed E-state index contributed by atoms with van der Waals surface area (Å²) in [4.78, 5) is 0. The van der Waals surface area contributed by atoms with E-state index in [2.05, 4.69) is 73.2 Å². The van der Waals surface area contributed by atoms with Gasteiger partial charge in [0.2, 0.25) is 0 Å². The Morgan fingerprint density at radius 2 is 1.71 bits per heavy atom. The molecule has 0 aromatic rings. The first-order valence-electron chi connectivity index (χ1n) is 7.60. The SMILES string of the molecule is CC(C)(C)[Si](C)(C)OCC1=[C-]C(O[Si](C)(C)C)CC1.[Zn+][Br]. The molecule has 1 aliphatic carbocycles. The third-order valence-electron chi connectivity index (χ3n) is 3.98. The minimum absolute atomic E-state index is 0.213. The van der Waals surface area contributed by atoms with E-state index in [0.29, 0.717) is 0 Å². The number of rotatable bonds is 5. The van der Waals surface area contributed by atoms with Crippen molar-refractivity contribution in [3.8, 4) is 0 Å². The van der Waals surface area contributed by atoms with E-state index in [1.165, 1.54) is 21.9 Å². The topological polar surface area (TPSA) is 18.5 Å². The number of hydrogen-bond acceptors (Lipinski definition) is 2. The molecule has 21 heavy (non-hydrogen) atoms. The Morgan fingerprint density at radius 1 is 1.19 bits per heavy atom. The van der Waals surface area contributed by atoms with Crippen LogP contribution in [-0.4, -0.2) is 29.3 Å². The van der Waals surface area contributed by atoms with E-state index in [1.807, 2.05) is 0 Å². The zero-order valence-electron chi connectivity index (χ0n) is 15.1. The standard InChI is InChI=1S/C15H31O2Si2.BrH.Zn/c1-15(2,3)19(7,8)16-12-13-9-10-14(11-13)17-18(4,5)6;;/h14H,9-10,12H2,1-8H3;1H;/q-1;;+2/p-1. The van der Waals surface area contributed by atoms with Crippen molar-refractivity contribution in [2.24, 2.45) is 0 Å². The van der Waals surface area contributed by atoms with Crippen LogP contribution in [0.1, 0.15) is 33.6 Å². The molecule has 0 bridgehead atoms. The van der Waals surface area contributed by atoms with Crippen LogP contribution in [0.4, 0.5) is 0 Å². The fourth-order valence-corrected chi connectivity index (χ4v) is 3.79. The van der Waals surface area contributed by atoms with Gasteiger partial charge in [0.05, 0.1) is 0 Å². The molecule has 0 spiro atoms. The van der Waals surface area contributed by atoms with Crippen molar-refractivity contribution in [1.29, 1.82) is 0 Å². The van der Waals surface area contributed by atoms with Crippen LogP contribution >= 0.6 is 13.6 Å². The maximum atomic E-state index is 6.25. The zero-order valence-corrected chi connectivity index (χ0v) is 21.7. The molecule has 0 fully saturated rings. The molecule has 1 rings (SSSR count). The molecule has 2 nitrogen and oxygen atoms in total. The number of hydrogen-bond donors (Lipinski definition) is 0. The quantitative estimate of drug-likeness (QED) is 0.406. The van der Waals surface area contributed by atoms with Gasteiger partial charge in [-0.2, -0.15) is 0 Å². The molecule has 0 heterocycles. The van der Waals surface area contributed by atoms with Gasteiger partial charge in [-0.1, -0.05) is 39.7 Å². The first-order chi connectivity index (χ1) is 9.41. The second kappa shape index (κ2) is 8.88. The van der Waals surface area contributed by atoms with E-state index in [0.717, 1.165) is 19.4 Å². The van der Waals surface area contributed by atoms with Crippen LogP contribution in [0.5, 0.6) is 0 Å². The van der Waals surface area contributed by atoms with Crippen LogP contribution in [-0.2, 0) is 25.2 Å². The van der Waals surface area contributed by atoms with Crippen molar-refractivity contribution in [2.75, 3.05) is 6.61 Å². The van der Waals surface area contributed by atoms with E-state index in [-0.39, 0.29) is 11.1 Å². The van der Waals surface area contributed by atoms with Crippen molar-refractivity contribution >= 4 is 30.3 Å². The van der Waals surface area contributed by atoms with Crippen molar-refractivity contribution in [3.05, 3.63) is 11.6 Å². The molecule has 1 atom stereocenters. The molecule has 120 valence electrons. The molecule has 0 aliphatic heterocycles. The van der Waals surface area contributed by atoms with Crippen LogP contribution in [0.2, 0.25) is 37.8 Å². The fraction of sp³-hybridized carbons (Fsp3) is 0.867. The Hall–Kier alpha value is 1.20. The van der Waals surface area contributed by atoms with Crippen LogP contribution in [0.25, 0.3) is 0 Å². The molecule has 0 radical (unpaired) electrons. The Labute approximate surface area is 150 Å². The third-order valence-corrected chi connectivity index (χ3v) is 9.45. The van der Waals surface area contributed by atoms with Gasteiger partial charge >= 0.3 is 30.0 Å². The van der Waals surface area contributed by atoms with Gasteiger partial charge in [0.25, 0.3) is 0 Å². The van der Waals surface area contributed by atoms with Gasteiger partial charge in [-0.25, -0.2) is 5.57 Å². The van der Waals surface area contributed by atoms with E-state index < -0.39 is 16.6 Å². The molecular formula is C15H31BrO2Si2Zn. The van der Waals surface area contributed by atoms with Gasteiger partial charge in [-0.05, 0) is 37.8 Å². The van der Waals surface area contributed by atoms with Crippen LogP contribution in [0.15, 0.2) is 5.57 Å². The van der Waals surface area contributed by atoms with E-state index in [1.54, 1.807) is 0 Å². The molecule has 6 heteroatoms. The molecule has 1 unspecified atom stereocenters. The monoisotopic (exact) mass is 442 g/mol. The first kappa shape index (κ1) is 22.2. The van der Waals surface area contributed by atoms with Crippen LogP contribution in [0.3, 0.4) is 0 Å². The van der Waals surface area contributed by atoms with Crippen molar-refractivity contribution < 1.29 is 25.2 Å². The minimum atomic E-state index is -1.63. The second-order valence-electron chi connectivity index (χ2n) is 8.05. The Kier molecular flexibility index (Phi) is 9.39. The average molecular weight is 445 g/mol. The van der Waals surface area contributed by atoms with Crippen LogP contribution in [0, 0.1) is 6.08 Å². The molecule has 0 aromatic carbocycles. The van der Waals surface area contributed by atoms with Crippen molar-refractivity contribution in [2.45, 2.75) is 77.5 Å². The third kappa shape index (κ3) is 8.57. The molecule has 0 N–H and O–H groups in total. The van der Waals surface area contributed by atoms with E-state index in [9.17, 15) is 0 Å². The second-order valence-corrected chi connectivity index (χ2v) is 17.3. The van der Waals surface area contributed by atoms with Gasteiger partial charge in [-0.15, -0.1) is 0 Å². The van der Waals surface area contributed by atoms with Crippen molar-refractivity contribution in [1.82, 2.24) is 0 Å². The molecular weight excluding hydrogens is 414 g/mol. The molecule has 0 saturated heterocycles. The Bertz CT molecular complexity index is 347. The normalized spacial score (nSPS) is 20.0. The first-order valence-corrected chi connectivity index (χ1v) is 20.9. The van der Waals surface area contributed by atoms with Gasteiger partial charge < -0.3 is 14.9 Å². The maximum absolute atomic E-state index is 6.25. The van der Waals surface area contributed by atoms with Crippen molar-refractivity contribution in [3.63, 3.8) is 0 Å². The van der Waals surface area contributed by atoms with E-state index in [4.69, 9.17) is 8.85 Å². The summed E-state index contributed by atoms with van der Waals surface area (Å²) in [5.41, 5.74) is 1.31. The summed E-state index contributed by atoms with van der Waals surface area (Å²) in [7, 11) is -3.08. The summed E-state index contributed by atoms with van der Waals surface area (Å²) in [6.07, 6.45) is 5.88. The fourth-order valence-electron chi connectivity index (χ4n) is 1.79. The molecule has 0 aromatic heterocycles. The van der Waals surface area contributed by atoms with Crippen LogP contribution < -0.4 is 0 Å². The van der Waals surface area contributed by atoms with E-state index >= 15 is 0 Å². The van der Waals surface area contributed by atoms with Gasteiger partial charge in [0.15, 0.2) is 16.6 Å². The average Bonchev–Trinajstić information content (AvgIpc) is 2.73. The summed E-state index contributed by atoms with van der Waals surface area (Å²) in [6, 6.07) is 0. The summed E-state index contributed by atoms with van der Waals surface area (Å²) in [6.45, 7) is 18.9. The number of halogens is 1. The zero-order chi connectivity index (χ0) is 16.9. The summed E-state index contributed by atoms with van der Waals surface area (Å²) >= 11 is 4.25. The Balaban J connectivity index is 0.00000191. The molecule has 0 saturated carbocycles.